The maximum atomic E-state index is 14.2. The molecule has 182 valence electrons. The number of aromatic nitrogens is 1. The maximum absolute atomic E-state index is 14.2. The van der Waals surface area contributed by atoms with E-state index in [0.29, 0.717) is 35.4 Å². The van der Waals surface area contributed by atoms with Crippen molar-refractivity contribution in [2.45, 2.75) is 50.8 Å². The number of nitrogens with one attached hydrogen (secondary N) is 1. The number of aliphatic hydroxyl groups is 1. The van der Waals surface area contributed by atoms with Gasteiger partial charge in [-0.25, -0.2) is 13.8 Å². The lowest BCUT2D eigenvalue weighted by molar-refractivity contribution is -0.260. The number of benzene rings is 2. The largest absolute Gasteiger partial charge is 0.493 e. The third-order valence-electron chi connectivity index (χ3n) is 6.26. The van der Waals surface area contributed by atoms with Gasteiger partial charge in [-0.2, -0.15) is 13.2 Å². The van der Waals surface area contributed by atoms with E-state index in [0.717, 1.165) is 12.1 Å². The monoisotopic (exact) mass is 480 g/mol. The molecule has 0 aliphatic carbocycles. The van der Waals surface area contributed by atoms with E-state index < -0.39 is 41.8 Å². The molecule has 1 aliphatic heterocycles. The standard InChI is InChI=1S/C25H25F5N2O2/c1-14-4-5-17-20(7-6-19(27)21(17)32-14)31-13-24(33,25(28,29)30)12-23(2,3)18-11-16(26)10-15-8-9-34-22(15)18/h4-7,10-11,31,33H,8-9,12-13H2,1-3H3/t24-/m0/s1. The molecule has 0 saturated heterocycles. The van der Waals surface area contributed by atoms with Crippen LogP contribution in [-0.2, 0) is 11.8 Å². The first-order chi connectivity index (χ1) is 15.8. The van der Waals surface area contributed by atoms with E-state index in [9.17, 15) is 27.1 Å². The van der Waals surface area contributed by atoms with Gasteiger partial charge in [0.15, 0.2) is 5.60 Å². The summed E-state index contributed by atoms with van der Waals surface area (Å²) in [6.07, 6.45) is -5.29. The number of nitrogens with zero attached hydrogens (tertiary/aromatic N) is 1. The Bertz CT molecular complexity index is 1240. The lowest BCUT2D eigenvalue weighted by Crippen LogP contribution is -2.53. The third-order valence-corrected chi connectivity index (χ3v) is 6.26. The van der Waals surface area contributed by atoms with E-state index in [4.69, 9.17) is 4.74 Å². The number of ether oxygens (including phenoxy) is 1. The molecule has 0 amide bonds. The Kier molecular flexibility index (Phi) is 5.96. The molecule has 4 nitrogen and oxygen atoms in total. The number of rotatable bonds is 6. The zero-order valence-electron chi connectivity index (χ0n) is 19.0. The Morgan fingerprint density at radius 2 is 1.82 bits per heavy atom. The van der Waals surface area contributed by atoms with E-state index in [1.165, 1.54) is 26.0 Å². The molecule has 3 aromatic rings. The van der Waals surface area contributed by atoms with Crippen molar-refractivity contribution in [1.29, 1.82) is 0 Å². The fraction of sp³-hybridized carbons (Fsp3) is 0.400. The van der Waals surface area contributed by atoms with E-state index in [1.54, 1.807) is 19.1 Å². The second kappa shape index (κ2) is 8.37. The molecule has 0 spiro atoms. The number of hydrogen-bond acceptors (Lipinski definition) is 4. The highest BCUT2D eigenvalue weighted by Crippen LogP contribution is 2.46. The van der Waals surface area contributed by atoms with Crippen LogP contribution in [0.15, 0.2) is 36.4 Å². The Morgan fingerprint density at radius 3 is 2.53 bits per heavy atom. The topological polar surface area (TPSA) is 54.4 Å². The summed E-state index contributed by atoms with van der Waals surface area (Å²) < 4.78 is 76.5. The van der Waals surface area contributed by atoms with Crippen molar-refractivity contribution in [3.05, 3.63) is 64.9 Å². The number of anilines is 1. The number of aryl methyl sites for hydroxylation is 1. The Morgan fingerprint density at radius 1 is 1.09 bits per heavy atom. The third kappa shape index (κ3) is 4.41. The van der Waals surface area contributed by atoms with Crippen LogP contribution in [0.3, 0.4) is 0 Å². The van der Waals surface area contributed by atoms with Crippen molar-refractivity contribution in [2.75, 3.05) is 18.5 Å². The lowest BCUT2D eigenvalue weighted by Gasteiger charge is -2.38. The molecule has 0 radical (unpaired) electrons. The minimum absolute atomic E-state index is 0.0216. The van der Waals surface area contributed by atoms with E-state index in [-0.39, 0.29) is 16.8 Å². The van der Waals surface area contributed by atoms with Gasteiger partial charge in [-0.15, -0.1) is 0 Å². The molecule has 2 N–H and O–H groups in total. The fourth-order valence-corrected chi connectivity index (χ4v) is 4.54. The molecular formula is C25H25F5N2O2. The van der Waals surface area contributed by atoms with E-state index in [1.807, 2.05) is 0 Å². The van der Waals surface area contributed by atoms with Crippen molar-refractivity contribution in [1.82, 2.24) is 4.98 Å². The molecule has 0 fully saturated rings. The molecule has 4 rings (SSSR count). The van der Waals surface area contributed by atoms with Gasteiger partial charge in [0, 0.05) is 34.3 Å². The average Bonchev–Trinajstić information content (AvgIpc) is 3.20. The highest BCUT2D eigenvalue weighted by atomic mass is 19.4. The first-order valence-electron chi connectivity index (χ1n) is 10.9. The van der Waals surface area contributed by atoms with Gasteiger partial charge in [-0.3, -0.25) is 0 Å². The van der Waals surface area contributed by atoms with Crippen LogP contribution in [0.25, 0.3) is 10.9 Å². The van der Waals surface area contributed by atoms with Gasteiger partial charge in [-0.1, -0.05) is 13.8 Å². The second-order valence-electron chi connectivity index (χ2n) is 9.43. The van der Waals surface area contributed by atoms with Crippen molar-refractivity contribution < 1.29 is 31.8 Å². The molecule has 0 saturated carbocycles. The van der Waals surface area contributed by atoms with Gasteiger partial charge in [0.25, 0.3) is 0 Å². The van der Waals surface area contributed by atoms with Crippen LogP contribution in [0.4, 0.5) is 27.6 Å². The highest BCUT2D eigenvalue weighted by molar-refractivity contribution is 5.91. The van der Waals surface area contributed by atoms with Gasteiger partial charge in [-0.05, 0) is 55.2 Å². The second-order valence-corrected chi connectivity index (χ2v) is 9.43. The SMILES string of the molecule is Cc1ccc2c(NC[C@@](O)(CC(C)(C)c3cc(F)cc4c3OCC4)C(F)(F)F)ccc(F)c2n1. The zero-order chi connectivity index (χ0) is 24.9. The van der Waals surface area contributed by atoms with Gasteiger partial charge >= 0.3 is 6.18 Å². The first kappa shape index (κ1) is 24.2. The number of fused-ring (bicyclic) bond motifs is 2. The number of alkyl halides is 3. The van der Waals surface area contributed by atoms with Crippen LogP contribution in [0, 0.1) is 18.6 Å². The molecule has 1 atom stereocenters. The molecule has 1 aliphatic rings. The van der Waals surface area contributed by atoms with Crippen LogP contribution < -0.4 is 10.1 Å². The molecule has 2 aromatic carbocycles. The van der Waals surface area contributed by atoms with Crippen molar-refractivity contribution in [2.24, 2.45) is 0 Å². The maximum Gasteiger partial charge on any atom is 0.418 e. The van der Waals surface area contributed by atoms with Crippen LogP contribution in [-0.4, -0.2) is 35.0 Å². The van der Waals surface area contributed by atoms with E-state index >= 15 is 0 Å². The first-order valence-corrected chi connectivity index (χ1v) is 10.9. The van der Waals surface area contributed by atoms with E-state index in [2.05, 4.69) is 10.3 Å². The summed E-state index contributed by atoms with van der Waals surface area (Å²) in [5.74, 6) is -0.798. The molecular weight excluding hydrogens is 455 g/mol. The summed E-state index contributed by atoms with van der Waals surface area (Å²) in [7, 11) is 0. The molecule has 0 bridgehead atoms. The molecule has 34 heavy (non-hydrogen) atoms. The smallest absolute Gasteiger partial charge is 0.418 e. The van der Waals surface area contributed by atoms with Crippen molar-refractivity contribution in [3.8, 4) is 5.75 Å². The quantitative estimate of drug-likeness (QED) is 0.436. The predicted molar refractivity (Wildman–Crippen MR) is 119 cm³/mol. The minimum atomic E-state index is -5.00. The summed E-state index contributed by atoms with van der Waals surface area (Å²) in [6.45, 7) is 4.13. The van der Waals surface area contributed by atoms with Crippen molar-refractivity contribution >= 4 is 16.6 Å². The lowest BCUT2D eigenvalue weighted by atomic mass is 9.74. The van der Waals surface area contributed by atoms with Crippen molar-refractivity contribution in [3.63, 3.8) is 0 Å². The normalized spacial score (nSPS) is 15.7. The summed E-state index contributed by atoms with van der Waals surface area (Å²) in [5, 5.41) is 13.8. The molecule has 2 heterocycles. The molecule has 9 heteroatoms. The highest BCUT2D eigenvalue weighted by Gasteiger charge is 2.56. The number of hydrogen-bond donors (Lipinski definition) is 2. The van der Waals surface area contributed by atoms with Gasteiger partial charge in [0.2, 0.25) is 0 Å². The Labute approximate surface area is 193 Å². The van der Waals surface area contributed by atoms with Gasteiger partial charge < -0.3 is 15.2 Å². The summed E-state index contributed by atoms with van der Waals surface area (Å²) >= 11 is 0. The summed E-state index contributed by atoms with van der Waals surface area (Å²) in [5.41, 5.74) is -2.80. The zero-order valence-corrected chi connectivity index (χ0v) is 19.0. The van der Waals surface area contributed by atoms with Crippen LogP contribution in [0.5, 0.6) is 5.75 Å². The minimum Gasteiger partial charge on any atom is -0.493 e. The van der Waals surface area contributed by atoms with Crippen LogP contribution in [0.2, 0.25) is 0 Å². The number of pyridine rings is 1. The summed E-state index contributed by atoms with van der Waals surface area (Å²) in [4.78, 5) is 4.12. The predicted octanol–water partition coefficient (Wildman–Crippen LogP) is 5.83. The van der Waals surface area contributed by atoms with Gasteiger partial charge in [0.05, 0.1) is 13.2 Å². The summed E-state index contributed by atoms with van der Waals surface area (Å²) in [6, 6.07) is 8.08. The Balaban J connectivity index is 1.67. The molecule has 0 unspecified atom stereocenters. The van der Waals surface area contributed by atoms with Gasteiger partial charge in [0.1, 0.15) is 22.9 Å². The molecule has 1 aromatic heterocycles. The number of halogens is 5. The van der Waals surface area contributed by atoms with Crippen LogP contribution in [0.1, 0.15) is 37.1 Å². The Hall–Kier alpha value is -2.94. The average molecular weight is 480 g/mol. The van der Waals surface area contributed by atoms with Crippen LogP contribution >= 0.6 is 0 Å². The fourth-order valence-electron chi connectivity index (χ4n) is 4.54.